The van der Waals surface area contributed by atoms with E-state index in [4.69, 9.17) is 18.3 Å². The first-order chi connectivity index (χ1) is 13.0. The molecule has 6 heteroatoms. The summed E-state index contributed by atoms with van der Waals surface area (Å²) in [5, 5.41) is 0. The van der Waals surface area contributed by atoms with Gasteiger partial charge in [0, 0.05) is 12.6 Å². The molecule has 4 rings (SSSR count). The fourth-order valence-electron chi connectivity index (χ4n) is 3.18. The Bertz CT molecular complexity index is 944. The Labute approximate surface area is 158 Å². The summed E-state index contributed by atoms with van der Waals surface area (Å²) in [6.45, 7) is 7.87. The van der Waals surface area contributed by atoms with Gasteiger partial charge in [0.2, 0.25) is 0 Å². The lowest BCUT2D eigenvalue weighted by molar-refractivity contribution is 0.170. The lowest BCUT2D eigenvalue weighted by Gasteiger charge is -2.26. The maximum atomic E-state index is 5.81. The summed E-state index contributed by atoms with van der Waals surface area (Å²) < 4.78 is 22.7. The van der Waals surface area contributed by atoms with Gasteiger partial charge in [-0.25, -0.2) is 4.98 Å². The van der Waals surface area contributed by atoms with E-state index in [0.717, 1.165) is 28.7 Å². The molecule has 0 bridgehead atoms. The SMILES string of the molecule is Cc1ccc(-c2nc(CN(C)C(C)c3ccc4c(c3)OCCO4)c(C)o2)o1. The third-order valence-corrected chi connectivity index (χ3v) is 4.95. The van der Waals surface area contributed by atoms with Gasteiger partial charge in [0.05, 0.1) is 5.69 Å². The minimum absolute atomic E-state index is 0.186. The van der Waals surface area contributed by atoms with Crippen LogP contribution in [0, 0.1) is 13.8 Å². The van der Waals surface area contributed by atoms with E-state index in [1.54, 1.807) is 0 Å². The summed E-state index contributed by atoms with van der Waals surface area (Å²) in [5.41, 5.74) is 2.08. The highest BCUT2D eigenvalue weighted by molar-refractivity contribution is 5.46. The molecule has 1 aliphatic heterocycles. The van der Waals surface area contributed by atoms with Crippen molar-refractivity contribution in [1.29, 1.82) is 0 Å². The van der Waals surface area contributed by atoms with E-state index in [-0.39, 0.29) is 6.04 Å². The molecule has 27 heavy (non-hydrogen) atoms. The normalized spacial score (nSPS) is 14.6. The number of oxazole rings is 1. The largest absolute Gasteiger partial charge is 0.486 e. The van der Waals surface area contributed by atoms with Gasteiger partial charge in [-0.1, -0.05) is 6.07 Å². The molecular weight excluding hydrogens is 344 g/mol. The Morgan fingerprint density at radius 1 is 1.04 bits per heavy atom. The molecule has 0 saturated heterocycles. The molecule has 1 unspecified atom stereocenters. The van der Waals surface area contributed by atoms with Crippen LogP contribution >= 0.6 is 0 Å². The Kier molecular flexibility index (Phi) is 4.66. The van der Waals surface area contributed by atoms with Crippen LogP contribution in [0.25, 0.3) is 11.7 Å². The Balaban J connectivity index is 1.50. The van der Waals surface area contributed by atoms with Crippen LogP contribution in [0.3, 0.4) is 0 Å². The Hall–Kier alpha value is -2.73. The van der Waals surface area contributed by atoms with Gasteiger partial charge in [-0.05, 0) is 57.6 Å². The van der Waals surface area contributed by atoms with Gasteiger partial charge in [0.15, 0.2) is 17.3 Å². The summed E-state index contributed by atoms with van der Waals surface area (Å²) in [6, 6.07) is 10.1. The van der Waals surface area contributed by atoms with E-state index >= 15 is 0 Å². The van der Waals surface area contributed by atoms with Crippen LogP contribution < -0.4 is 9.47 Å². The third kappa shape index (κ3) is 3.57. The molecule has 142 valence electrons. The van der Waals surface area contributed by atoms with Crippen molar-refractivity contribution in [3.63, 3.8) is 0 Å². The van der Waals surface area contributed by atoms with Crippen molar-refractivity contribution in [1.82, 2.24) is 9.88 Å². The van der Waals surface area contributed by atoms with E-state index in [1.807, 2.05) is 32.0 Å². The number of fused-ring (bicyclic) bond motifs is 1. The number of aromatic nitrogens is 1. The van der Waals surface area contributed by atoms with Crippen LogP contribution in [0.5, 0.6) is 11.5 Å². The number of rotatable bonds is 5. The van der Waals surface area contributed by atoms with Crippen molar-refractivity contribution in [2.75, 3.05) is 20.3 Å². The zero-order valence-electron chi connectivity index (χ0n) is 16.1. The quantitative estimate of drug-likeness (QED) is 0.660. The van der Waals surface area contributed by atoms with Gasteiger partial charge >= 0.3 is 0 Å². The molecule has 1 aromatic carbocycles. The van der Waals surface area contributed by atoms with Crippen LogP contribution in [0.15, 0.2) is 39.2 Å². The fourth-order valence-corrected chi connectivity index (χ4v) is 3.18. The molecular formula is C21H24N2O4. The standard InChI is InChI=1S/C21H24N2O4/c1-13-5-7-19(26-13)21-22-17(15(3)27-21)12-23(4)14(2)16-6-8-18-20(11-16)25-10-9-24-18/h5-8,11,14H,9-10,12H2,1-4H3. The second-order valence-electron chi connectivity index (χ2n) is 6.93. The van der Waals surface area contributed by atoms with Gasteiger partial charge < -0.3 is 18.3 Å². The topological polar surface area (TPSA) is 60.9 Å². The molecule has 0 radical (unpaired) electrons. The molecule has 0 fully saturated rings. The van der Waals surface area contributed by atoms with Crippen LogP contribution in [-0.4, -0.2) is 30.1 Å². The zero-order valence-corrected chi connectivity index (χ0v) is 16.1. The molecule has 3 aromatic rings. The minimum Gasteiger partial charge on any atom is -0.486 e. The van der Waals surface area contributed by atoms with Crippen molar-refractivity contribution in [3.8, 4) is 23.1 Å². The second kappa shape index (κ2) is 7.12. The van der Waals surface area contributed by atoms with Crippen LogP contribution in [0.4, 0.5) is 0 Å². The summed E-state index contributed by atoms with van der Waals surface area (Å²) in [5.74, 6) is 4.45. The molecule has 2 aromatic heterocycles. The highest BCUT2D eigenvalue weighted by Gasteiger charge is 2.20. The molecule has 1 aliphatic rings. The Morgan fingerprint density at radius 2 is 1.81 bits per heavy atom. The van der Waals surface area contributed by atoms with Crippen molar-refractivity contribution in [2.45, 2.75) is 33.4 Å². The number of furan rings is 1. The van der Waals surface area contributed by atoms with E-state index < -0.39 is 0 Å². The number of nitrogens with zero attached hydrogens (tertiary/aromatic N) is 2. The predicted octanol–water partition coefficient (Wildman–Crippen LogP) is 4.52. The molecule has 0 amide bonds. The van der Waals surface area contributed by atoms with Gasteiger partial charge in [-0.2, -0.15) is 0 Å². The molecule has 0 spiro atoms. The van der Waals surface area contributed by atoms with Crippen LogP contribution in [0.2, 0.25) is 0 Å². The predicted molar refractivity (Wildman–Crippen MR) is 101 cm³/mol. The number of aryl methyl sites for hydroxylation is 2. The number of benzene rings is 1. The summed E-state index contributed by atoms with van der Waals surface area (Å²) in [4.78, 5) is 6.86. The Morgan fingerprint density at radius 3 is 2.56 bits per heavy atom. The average Bonchev–Trinajstić information content (AvgIpc) is 3.26. The number of hydrogen-bond acceptors (Lipinski definition) is 6. The number of hydrogen-bond donors (Lipinski definition) is 0. The molecule has 0 aliphatic carbocycles. The highest BCUT2D eigenvalue weighted by Crippen LogP contribution is 2.34. The maximum absolute atomic E-state index is 5.81. The smallest absolute Gasteiger partial charge is 0.263 e. The van der Waals surface area contributed by atoms with E-state index in [9.17, 15) is 0 Å². The molecule has 3 heterocycles. The molecule has 0 saturated carbocycles. The van der Waals surface area contributed by atoms with Gasteiger partial charge in [-0.3, -0.25) is 4.90 Å². The van der Waals surface area contributed by atoms with Gasteiger partial charge in [0.1, 0.15) is 24.7 Å². The van der Waals surface area contributed by atoms with E-state index in [1.165, 1.54) is 5.56 Å². The molecule has 6 nitrogen and oxygen atoms in total. The molecule has 1 atom stereocenters. The fraction of sp³-hybridized carbons (Fsp3) is 0.381. The van der Waals surface area contributed by atoms with E-state index in [0.29, 0.717) is 31.4 Å². The summed E-state index contributed by atoms with van der Waals surface area (Å²) in [7, 11) is 2.08. The minimum atomic E-state index is 0.186. The van der Waals surface area contributed by atoms with Gasteiger partial charge in [0.25, 0.3) is 5.89 Å². The first kappa shape index (κ1) is 17.7. The first-order valence-electron chi connectivity index (χ1n) is 9.14. The van der Waals surface area contributed by atoms with Crippen molar-refractivity contribution < 1.29 is 18.3 Å². The highest BCUT2D eigenvalue weighted by atomic mass is 16.6. The van der Waals surface area contributed by atoms with Crippen LogP contribution in [0.1, 0.15) is 35.7 Å². The summed E-state index contributed by atoms with van der Waals surface area (Å²) in [6.07, 6.45) is 0. The first-order valence-corrected chi connectivity index (χ1v) is 9.14. The van der Waals surface area contributed by atoms with E-state index in [2.05, 4.69) is 36.0 Å². The number of ether oxygens (including phenoxy) is 2. The lowest BCUT2D eigenvalue weighted by Crippen LogP contribution is -2.23. The maximum Gasteiger partial charge on any atom is 0.263 e. The van der Waals surface area contributed by atoms with Crippen LogP contribution in [-0.2, 0) is 6.54 Å². The average molecular weight is 368 g/mol. The van der Waals surface area contributed by atoms with Crippen molar-refractivity contribution in [3.05, 3.63) is 53.1 Å². The second-order valence-corrected chi connectivity index (χ2v) is 6.93. The molecule has 0 N–H and O–H groups in total. The summed E-state index contributed by atoms with van der Waals surface area (Å²) >= 11 is 0. The van der Waals surface area contributed by atoms with Gasteiger partial charge in [-0.15, -0.1) is 0 Å². The zero-order chi connectivity index (χ0) is 19.0. The monoisotopic (exact) mass is 368 g/mol. The third-order valence-electron chi connectivity index (χ3n) is 4.95. The van der Waals surface area contributed by atoms with Crippen molar-refractivity contribution >= 4 is 0 Å². The lowest BCUT2D eigenvalue weighted by atomic mass is 10.1. The van der Waals surface area contributed by atoms with Crippen molar-refractivity contribution in [2.24, 2.45) is 0 Å².